The van der Waals surface area contributed by atoms with Crippen LogP contribution in [0.1, 0.15) is 24.8 Å². The third-order valence-electron chi connectivity index (χ3n) is 2.25. The van der Waals surface area contributed by atoms with Crippen LogP contribution in [0.15, 0.2) is 30.3 Å². The van der Waals surface area contributed by atoms with Gasteiger partial charge in [0.1, 0.15) is 0 Å². The van der Waals surface area contributed by atoms with Crippen LogP contribution in [0.2, 0.25) is 0 Å². The van der Waals surface area contributed by atoms with Crippen molar-refractivity contribution in [3.05, 3.63) is 35.9 Å². The van der Waals surface area contributed by atoms with Crippen molar-refractivity contribution < 1.29 is 12.6 Å². The number of rotatable bonds is 7. The van der Waals surface area contributed by atoms with Crippen LogP contribution in [0.3, 0.4) is 0 Å². The molecular weight excluding hydrogens is 224 g/mol. The summed E-state index contributed by atoms with van der Waals surface area (Å²) >= 11 is 0. The van der Waals surface area contributed by atoms with Gasteiger partial charge in [-0.1, -0.05) is 36.8 Å². The predicted octanol–water partition coefficient (Wildman–Crippen LogP) is 2.38. The van der Waals surface area contributed by atoms with Gasteiger partial charge in [0.2, 0.25) is 0 Å². The quantitative estimate of drug-likeness (QED) is 0.544. The SMILES string of the molecule is CS(=O)(=O)OCCCCCc1ccccc1. The fourth-order valence-corrected chi connectivity index (χ4v) is 1.88. The van der Waals surface area contributed by atoms with E-state index in [1.165, 1.54) is 5.56 Å². The zero-order valence-corrected chi connectivity index (χ0v) is 10.4. The first kappa shape index (κ1) is 13.2. The maximum Gasteiger partial charge on any atom is 0.264 e. The van der Waals surface area contributed by atoms with E-state index in [-0.39, 0.29) is 0 Å². The maximum atomic E-state index is 10.7. The zero-order chi connectivity index (χ0) is 11.9. The summed E-state index contributed by atoms with van der Waals surface area (Å²) in [6, 6.07) is 10.3. The number of aryl methyl sites for hydroxylation is 1. The molecule has 0 aromatic heterocycles. The summed E-state index contributed by atoms with van der Waals surface area (Å²) in [4.78, 5) is 0. The first-order valence-electron chi connectivity index (χ1n) is 5.46. The highest BCUT2D eigenvalue weighted by Gasteiger charge is 2.00. The molecular formula is C12H18O3S. The molecule has 3 nitrogen and oxygen atoms in total. The van der Waals surface area contributed by atoms with Crippen molar-refractivity contribution in [2.24, 2.45) is 0 Å². The van der Waals surface area contributed by atoms with E-state index in [2.05, 4.69) is 16.3 Å². The molecule has 0 amide bonds. The van der Waals surface area contributed by atoms with Gasteiger partial charge in [0.05, 0.1) is 12.9 Å². The molecule has 0 heterocycles. The number of unbranched alkanes of at least 4 members (excludes halogenated alkanes) is 2. The van der Waals surface area contributed by atoms with Gasteiger partial charge in [-0.15, -0.1) is 0 Å². The van der Waals surface area contributed by atoms with Crippen molar-refractivity contribution in [1.82, 2.24) is 0 Å². The monoisotopic (exact) mass is 242 g/mol. The van der Waals surface area contributed by atoms with Crippen molar-refractivity contribution in [2.45, 2.75) is 25.7 Å². The molecule has 0 atom stereocenters. The van der Waals surface area contributed by atoms with E-state index in [0.717, 1.165) is 31.9 Å². The van der Waals surface area contributed by atoms with E-state index in [9.17, 15) is 8.42 Å². The van der Waals surface area contributed by atoms with Crippen molar-refractivity contribution >= 4 is 10.1 Å². The fourth-order valence-electron chi connectivity index (χ4n) is 1.46. The summed E-state index contributed by atoms with van der Waals surface area (Å²) in [7, 11) is -3.26. The zero-order valence-electron chi connectivity index (χ0n) is 9.56. The van der Waals surface area contributed by atoms with Gasteiger partial charge in [0.15, 0.2) is 0 Å². The van der Waals surface area contributed by atoms with Gasteiger partial charge in [-0.3, -0.25) is 4.18 Å². The van der Waals surface area contributed by atoms with E-state index < -0.39 is 10.1 Å². The molecule has 1 aromatic rings. The highest BCUT2D eigenvalue weighted by molar-refractivity contribution is 7.85. The Balaban J connectivity index is 2.05. The molecule has 0 saturated carbocycles. The Morgan fingerprint density at radius 1 is 1.06 bits per heavy atom. The van der Waals surface area contributed by atoms with Gasteiger partial charge in [-0.2, -0.15) is 8.42 Å². The highest BCUT2D eigenvalue weighted by Crippen LogP contribution is 2.06. The minimum atomic E-state index is -3.26. The summed E-state index contributed by atoms with van der Waals surface area (Å²) in [5.74, 6) is 0. The second-order valence-electron chi connectivity index (χ2n) is 3.82. The Bertz CT molecular complexity index is 384. The molecule has 0 aliphatic rings. The van der Waals surface area contributed by atoms with E-state index in [1.54, 1.807) is 0 Å². The Morgan fingerprint density at radius 2 is 1.75 bits per heavy atom. The van der Waals surface area contributed by atoms with E-state index in [0.29, 0.717) is 6.61 Å². The van der Waals surface area contributed by atoms with Crippen LogP contribution in [0.25, 0.3) is 0 Å². The normalized spacial score (nSPS) is 11.6. The first-order chi connectivity index (χ1) is 7.58. The number of benzene rings is 1. The molecule has 16 heavy (non-hydrogen) atoms. The van der Waals surface area contributed by atoms with Crippen molar-refractivity contribution in [3.8, 4) is 0 Å². The lowest BCUT2D eigenvalue weighted by molar-refractivity contribution is 0.310. The van der Waals surface area contributed by atoms with Gasteiger partial charge in [-0.05, 0) is 24.8 Å². The molecule has 0 bridgehead atoms. The summed E-state index contributed by atoms with van der Waals surface area (Å²) in [5.41, 5.74) is 1.33. The molecule has 0 spiro atoms. The minimum absolute atomic E-state index is 0.299. The predicted molar refractivity (Wildman–Crippen MR) is 64.8 cm³/mol. The molecule has 0 fully saturated rings. The smallest absolute Gasteiger partial charge is 0.264 e. The average Bonchev–Trinajstić information content (AvgIpc) is 2.23. The standard InChI is InChI=1S/C12H18O3S/c1-16(13,14)15-11-7-3-6-10-12-8-4-2-5-9-12/h2,4-5,8-9H,3,6-7,10-11H2,1H3. The molecule has 0 N–H and O–H groups in total. The second-order valence-corrected chi connectivity index (χ2v) is 5.47. The van der Waals surface area contributed by atoms with Gasteiger partial charge in [0.25, 0.3) is 10.1 Å². The minimum Gasteiger partial charge on any atom is -0.270 e. The molecule has 0 saturated heterocycles. The molecule has 0 unspecified atom stereocenters. The summed E-state index contributed by atoms with van der Waals surface area (Å²) < 4.78 is 26.0. The van der Waals surface area contributed by atoms with Crippen molar-refractivity contribution in [1.29, 1.82) is 0 Å². The molecule has 1 rings (SSSR count). The van der Waals surface area contributed by atoms with Crippen LogP contribution in [0, 0.1) is 0 Å². The van der Waals surface area contributed by atoms with E-state index in [4.69, 9.17) is 0 Å². The van der Waals surface area contributed by atoms with Gasteiger partial charge >= 0.3 is 0 Å². The Morgan fingerprint density at radius 3 is 2.38 bits per heavy atom. The van der Waals surface area contributed by atoms with Crippen LogP contribution >= 0.6 is 0 Å². The lowest BCUT2D eigenvalue weighted by Crippen LogP contribution is -2.04. The molecule has 90 valence electrons. The third-order valence-corrected chi connectivity index (χ3v) is 2.84. The maximum absolute atomic E-state index is 10.7. The second kappa shape index (κ2) is 6.66. The van der Waals surface area contributed by atoms with Crippen LogP contribution in [0.5, 0.6) is 0 Å². The lowest BCUT2D eigenvalue weighted by atomic mass is 10.1. The summed E-state index contributed by atoms with van der Waals surface area (Å²) in [5, 5.41) is 0. The summed E-state index contributed by atoms with van der Waals surface area (Å²) in [6.07, 6.45) is 4.97. The van der Waals surface area contributed by atoms with Crippen LogP contribution in [0.4, 0.5) is 0 Å². The van der Waals surface area contributed by atoms with Crippen molar-refractivity contribution in [2.75, 3.05) is 12.9 Å². The Hall–Kier alpha value is -0.870. The molecule has 0 aliphatic carbocycles. The fraction of sp³-hybridized carbons (Fsp3) is 0.500. The topological polar surface area (TPSA) is 43.4 Å². The number of hydrogen-bond donors (Lipinski definition) is 0. The lowest BCUT2D eigenvalue weighted by Gasteiger charge is -2.02. The third kappa shape index (κ3) is 6.58. The average molecular weight is 242 g/mol. The van der Waals surface area contributed by atoms with Gasteiger partial charge in [-0.25, -0.2) is 0 Å². The van der Waals surface area contributed by atoms with E-state index >= 15 is 0 Å². The largest absolute Gasteiger partial charge is 0.270 e. The molecule has 0 radical (unpaired) electrons. The van der Waals surface area contributed by atoms with Gasteiger partial charge < -0.3 is 0 Å². The van der Waals surface area contributed by atoms with Gasteiger partial charge in [0, 0.05) is 0 Å². The van der Waals surface area contributed by atoms with Crippen molar-refractivity contribution in [3.63, 3.8) is 0 Å². The van der Waals surface area contributed by atoms with Crippen LogP contribution < -0.4 is 0 Å². The molecule has 0 aliphatic heterocycles. The number of hydrogen-bond acceptors (Lipinski definition) is 3. The van der Waals surface area contributed by atoms with Crippen LogP contribution in [-0.4, -0.2) is 21.3 Å². The first-order valence-corrected chi connectivity index (χ1v) is 7.28. The van der Waals surface area contributed by atoms with Crippen LogP contribution in [-0.2, 0) is 20.7 Å². The Labute approximate surface area is 97.6 Å². The summed E-state index contributed by atoms with van der Waals surface area (Å²) in [6.45, 7) is 0.299. The van der Waals surface area contributed by atoms with E-state index in [1.807, 2.05) is 18.2 Å². The highest BCUT2D eigenvalue weighted by atomic mass is 32.2. The molecule has 1 aromatic carbocycles. The molecule has 4 heteroatoms. The Kier molecular flexibility index (Phi) is 5.49.